The van der Waals surface area contributed by atoms with E-state index in [0.717, 1.165) is 22.4 Å². The van der Waals surface area contributed by atoms with Gasteiger partial charge in [-0.25, -0.2) is 4.79 Å². The molecule has 1 aromatic carbocycles. The van der Waals surface area contributed by atoms with Crippen LogP contribution in [-0.2, 0) is 19.6 Å². The van der Waals surface area contributed by atoms with Gasteiger partial charge in [-0.3, -0.25) is 4.98 Å². The number of carboxylic acid groups (broad SMARTS) is 1. The minimum absolute atomic E-state index is 0.194. The lowest BCUT2D eigenvalue weighted by molar-refractivity contribution is 0.138. The number of ether oxygens (including phenoxy) is 1. The average Bonchev–Trinajstić information content (AvgIpc) is 3.22. The van der Waals surface area contributed by atoms with Gasteiger partial charge in [-0.15, -0.1) is 15.3 Å². The first-order chi connectivity index (χ1) is 14.7. The molecule has 3 aromatic heterocycles. The van der Waals surface area contributed by atoms with Crippen molar-refractivity contribution in [2.24, 2.45) is 0 Å². The van der Waals surface area contributed by atoms with Gasteiger partial charge in [0.1, 0.15) is 6.61 Å². The Morgan fingerprint density at radius 2 is 1.90 bits per heavy atom. The van der Waals surface area contributed by atoms with Crippen molar-refractivity contribution < 1.29 is 14.6 Å². The topological polar surface area (TPSA) is 106 Å². The highest BCUT2D eigenvalue weighted by Gasteiger charge is 2.28. The molecule has 9 nitrogen and oxygen atoms in total. The Morgan fingerprint density at radius 3 is 2.67 bits per heavy atom. The van der Waals surface area contributed by atoms with E-state index in [9.17, 15) is 9.90 Å². The number of hydrogen-bond donors (Lipinski definition) is 1. The Morgan fingerprint density at radius 1 is 1.07 bits per heavy atom. The van der Waals surface area contributed by atoms with Gasteiger partial charge in [-0.1, -0.05) is 36.4 Å². The molecule has 0 radical (unpaired) electrons. The van der Waals surface area contributed by atoms with Gasteiger partial charge in [-0.2, -0.15) is 4.52 Å². The van der Waals surface area contributed by atoms with Crippen molar-refractivity contribution >= 4 is 11.7 Å². The molecule has 1 aliphatic heterocycles. The highest BCUT2D eigenvalue weighted by atomic mass is 16.5. The molecule has 1 aliphatic rings. The molecule has 5 rings (SSSR count). The maximum Gasteiger partial charge on any atom is 0.407 e. The molecule has 0 fully saturated rings. The molecule has 0 aliphatic carbocycles. The second-order valence-corrected chi connectivity index (χ2v) is 6.95. The molecule has 150 valence electrons. The molecule has 1 N–H and O–H groups in total. The molecule has 0 spiro atoms. The van der Waals surface area contributed by atoms with E-state index in [4.69, 9.17) is 4.74 Å². The number of hydrogen-bond acceptors (Lipinski definition) is 6. The Hall–Kier alpha value is -4.01. The third-order valence-electron chi connectivity index (χ3n) is 5.09. The number of amides is 1. The van der Waals surface area contributed by atoms with Crippen LogP contribution in [-0.4, -0.2) is 47.4 Å². The van der Waals surface area contributed by atoms with E-state index in [1.807, 2.05) is 48.5 Å². The summed E-state index contributed by atoms with van der Waals surface area (Å²) in [5.41, 5.74) is 3.90. The van der Waals surface area contributed by atoms with Crippen LogP contribution >= 0.6 is 0 Å². The summed E-state index contributed by atoms with van der Waals surface area (Å²) in [6, 6.07) is 15.3. The number of aromatic nitrogens is 5. The Kier molecular flexibility index (Phi) is 4.47. The highest BCUT2D eigenvalue weighted by Crippen LogP contribution is 2.31. The van der Waals surface area contributed by atoms with Crippen LogP contribution in [0.2, 0.25) is 0 Å². The first kappa shape index (κ1) is 18.0. The highest BCUT2D eigenvalue weighted by molar-refractivity contribution is 5.68. The van der Waals surface area contributed by atoms with E-state index in [1.54, 1.807) is 10.7 Å². The van der Waals surface area contributed by atoms with Crippen LogP contribution in [0.3, 0.4) is 0 Å². The van der Waals surface area contributed by atoms with Crippen molar-refractivity contribution in [3.05, 3.63) is 71.5 Å². The fraction of sp³-hybridized carbons (Fsp3) is 0.190. The number of rotatable bonds is 4. The summed E-state index contributed by atoms with van der Waals surface area (Å²) in [5, 5.41) is 22.8. The molecule has 4 heterocycles. The Labute approximate surface area is 171 Å². The number of carbonyl (C=O) groups is 1. The predicted molar refractivity (Wildman–Crippen MR) is 107 cm³/mol. The molecule has 0 atom stereocenters. The zero-order chi connectivity index (χ0) is 20.5. The smallest absolute Gasteiger partial charge is 0.407 e. The van der Waals surface area contributed by atoms with E-state index in [0.29, 0.717) is 30.3 Å². The summed E-state index contributed by atoms with van der Waals surface area (Å²) in [6.07, 6.45) is 1.24. The lowest BCUT2D eigenvalue weighted by Crippen LogP contribution is -2.35. The monoisotopic (exact) mass is 402 g/mol. The summed E-state index contributed by atoms with van der Waals surface area (Å²) in [5.74, 6) is 0.975. The van der Waals surface area contributed by atoms with Gasteiger partial charge in [0, 0.05) is 29.4 Å². The van der Waals surface area contributed by atoms with Crippen molar-refractivity contribution in [2.45, 2.75) is 19.6 Å². The van der Waals surface area contributed by atoms with Gasteiger partial charge < -0.3 is 14.7 Å². The van der Waals surface area contributed by atoms with E-state index in [2.05, 4.69) is 20.3 Å². The molecular weight excluding hydrogens is 384 g/mol. The third-order valence-corrected chi connectivity index (χ3v) is 5.09. The summed E-state index contributed by atoms with van der Waals surface area (Å²) >= 11 is 0. The van der Waals surface area contributed by atoms with Crippen LogP contribution in [0.4, 0.5) is 4.79 Å². The second-order valence-electron chi connectivity index (χ2n) is 6.95. The summed E-state index contributed by atoms with van der Waals surface area (Å²) in [4.78, 5) is 17.2. The van der Waals surface area contributed by atoms with Crippen LogP contribution in [0, 0.1) is 0 Å². The van der Waals surface area contributed by atoms with Crippen LogP contribution in [0.1, 0.15) is 16.8 Å². The quantitative estimate of drug-likeness (QED) is 0.559. The van der Waals surface area contributed by atoms with E-state index >= 15 is 0 Å². The Bertz CT molecular complexity index is 1210. The summed E-state index contributed by atoms with van der Waals surface area (Å²) in [7, 11) is 0. The standard InChI is InChI=1S/C21H18N6O3/c28-21(29)26-11-9-16-17(12-26)20(30-13-15-8-4-5-10-22-15)25-27-18(23-24-19(16)27)14-6-2-1-3-7-14/h1-8,10H,9,11-13H2,(H,28,29). The van der Waals surface area contributed by atoms with Crippen LogP contribution in [0.15, 0.2) is 54.7 Å². The summed E-state index contributed by atoms with van der Waals surface area (Å²) in [6.45, 7) is 0.802. The second kappa shape index (κ2) is 7.43. The maximum absolute atomic E-state index is 11.5. The number of nitrogens with zero attached hydrogens (tertiary/aromatic N) is 6. The van der Waals surface area contributed by atoms with Crippen LogP contribution < -0.4 is 4.74 Å². The van der Waals surface area contributed by atoms with E-state index < -0.39 is 6.09 Å². The van der Waals surface area contributed by atoms with E-state index in [-0.39, 0.29) is 13.2 Å². The molecule has 0 saturated heterocycles. The molecule has 0 bridgehead atoms. The van der Waals surface area contributed by atoms with Crippen molar-refractivity contribution in [3.8, 4) is 17.3 Å². The number of fused-ring (bicyclic) bond motifs is 3. The fourth-order valence-corrected chi connectivity index (χ4v) is 3.59. The molecule has 0 saturated carbocycles. The minimum atomic E-state index is -0.970. The summed E-state index contributed by atoms with van der Waals surface area (Å²) < 4.78 is 7.70. The van der Waals surface area contributed by atoms with Crippen molar-refractivity contribution in [2.75, 3.05) is 6.54 Å². The van der Waals surface area contributed by atoms with Crippen molar-refractivity contribution in [3.63, 3.8) is 0 Å². The lowest BCUT2D eigenvalue weighted by atomic mass is 10.0. The van der Waals surface area contributed by atoms with Crippen molar-refractivity contribution in [1.29, 1.82) is 0 Å². The first-order valence-electron chi connectivity index (χ1n) is 9.54. The number of benzene rings is 1. The molecule has 1 amide bonds. The molecule has 9 heteroatoms. The molecule has 4 aromatic rings. The van der Waals surface area contributed by atoms with Gasteiger partial charge in [0.2, 0.25) is 5.88 Å². The molecular formula is C21H18N6O3. The normalized spacial score (nSPS) is 13.3. The van der Waals surface area contributed by atoms with Gasteiger partial charge in [0.15, 0.2) is 11.5 Å². The third kappa shape index (κ3) is 3.20. The zero-order valence-corrected chi connectivity index (χ0v) is 16.0. The van der Waals surface area contributed by atoms with Crippen LogP contribution in [0.5, 0.6) is 5.88 Å². The van der Waals surface area contributed by atoms with E-state index in [1.165, 1.54) is 4.90 Å². The van der Waals surface area contributed by atoms with Crippen LogP contribution in [0.25, 0.3) is 17.0 Å². The van der Waals surface area contributed by atoms with Gasteiger partial charge in [0.25, 0.3) is 0 Å². The SMILES string of the molecule is O=C(O)N1CCc2c(c(OCc3ccccn3)nn3c(-c4ccccc4)nnc23)C1. The van der Waals surface area contributed by atoms with Gasteiger partial charge in [-0.05, 0) is 18.6 Å². The minimum Gasteiger partial charge on any atom is -0.470 e. The van der Waals surface area contributed by atoms with Crippen molar-refractivity contribution in [1.82, 2.24) is 29.7 Å². The largest absolute Gasteiger partial charge is 0.470 e. The Balaban J connectivity index is 1.62. The first-order valence-corrected chi connectivity index (χ1v) is 9.54. The number of pyridine rings is 1. The van der Waals surface area contributed by atoms with Gasteiger partial charge in [0.05, 0.1) is 12.2 Å². The lowest BCUT2D eigenvalue weighted by Gasteiger charge is -2.27. The average molecular weight is 402 g/mol. The zero-order valence-electron chi connectivity index (χ0n) is 16.0. The maximum atomic E-state index is 11.5. The predicted octanol–water partition coefficient (Wildman–Crippen LogP) is 2.80. The molecule has 30 heavy (non-hydrogen) atoms. The van der Waals surface area contributed by atoms with Gasteiger partial charge >= 0.3 is 6.09 Å². The molecule has 0 unspecified atom stereocenters. The fourth-order valence-electron chi connectivity index (χ4n) is 3.59.